The number of thioether (sulfide) groups is 1. The van der Waals surface area contributed by atoms with E-state index in [-0.39, 0.29) is 37.1 Å². The van der Waals surface area contributed by atoms with Crippen LogP contribution in [0.25, 0.3) is 0 Å². The Morgan fingerprint density at radius 3 is 1.38 bits per heavy atom. The molecule has 0 aliphatic carbocycles. The maximum atomic E-state index is 11.8. The zero-order valence-electron chi connectivity index (χ0n) is 17.0. The van der Waals surface area contributed by atoms with Crippen LogP contribution in [0.1, 0.15) is 25.7 Å². The fourth-order valence-corrected chi connectivity index (χ4v) is 2.01. The number of carbonyl (C=O) groups excluding carboxylic acids is 4. The normalized spacial score (nSPS) is 11.5. The molecular formula is C16H26N4O8S. The molecule has 0 rings (SSSR count). The molecule has 0 saturated heterocycles. The second-order valence-electron chi connectivity index (χ2n) is 5.13. The number of carbonyl (C=O) groups is 4. The van der Waals surface area contributed by atoms with Gasteiger partial charge in [-0.15, -0.1) is 11.8 Å². The minimum absolute atomic E-state index is 0.00323. The first kappa shape index (κ1) is 26.2. The van der Waals surface area contributed by atoms with Crippen LogP contribution in [0.5, 0.6) is 0 Å². The van der Waals surface area contributed by atoms with Crippen LogP contribution < -0.4 is 10.9 Å². The summed E-state index contributed by atoms with van der Waals surface area (Å²) in [7, 11) is 4.85. The first-order valence-electron chi connectivity index (χ1n) is 8.30. The lowest BCUT2D eigenvalue weighted by molar-refractivity contribution is -0.141. The van der Waals surface area contributed by atoms with Crippen molar-refractivity contribution in [2.24, 2.45) is 10.2 Å². The van der Waals surface area contributed by atoms with Crippen LogP contribution in [0, 0.1) is 0 Å². The third-order valence-corrected chi connectivity index (χ3v) is 3.98. The number of hydrogen-bond acceptors (Lipinski definition) is 13. The Bertz CT molecular complexity index is 586. The van der Waals surface area contributed by atoms with Crippen molar-refractivity contribution in [1.29, 1.82) is 0 Å². The molecule has 0 fully saturated rings. The van der Waals surface area contributed by atoms with Crippen molar-refractivity contribution in [3.63, 3.8) is 0 Å². The SMILES string of the molecule is COC(=O)CC/C(=N/NC(N/N=C(/CCC(=O)OC)C(=O)OC)SC)C(=O)OC. The Morgan fingerprint density at radius 1 is 0.724 bits per heavy atom. The van der Waals surface area contributed by atoms with Crippen LogP contribution in [0.2, 0.25) is 0 Å². The minimum atomic E-state index is -0.710. The predicted octanol–water partition coefficient (Wildman–Crippen LogP) is -0.223. The van der Waals surface area contributed by atoms with Gasteiger partial charge in [0, 0.05) is 12.8 Å². The van der Waals surface area contributed by atoms with Gasteiger partial charge in [-0.3, -0.25) is 20.4 Å². The van der Waals surface area contributed by atoms with E-state index < -0.39 is 29.4 Å². The molecule has 29 heavy (non-hydrogen) atoms. The lowest BCUT2D eigenvalue weighted by atomic mass is 10.2. The van der Waals surface area contributed by atoms with Gasteiger partial charge in [0.1, 0.15) is 11.4 Å². The number of hydrazone groups is 2. The van der Waals surface area contributed by atoms with Crippen molar-refractivity contribution < 1.29 is 38.1 Å². The molecule has 0 atom stereocenters. The molecule has 0 radical (unpaired) electrons. The molecule has 0 unspecified atom stereocenters. The Balaban J connectivity index is 5.13. The van der Waals surface area contributed by atoms with E-state index in [0.29, 0.717) is 0 Å². The molecule has 0 saturated carbocycles. The van der Waals surface area contributed by atoms with Gasteiger partial charge in [0.15, 0.2) is 5.50 Å². The number of ether oxygens (including phenoxy) is 4. The van der Waals surface area contributed by atoms with Gasteiger partial charge in [-0.25, -0.2) is 9.59 Å². The Morgan fingerprint density at radius 2 is 1.10 bits per heavy atom. The van der Waals surface area contributed by atoms with E-state index in [1.807, 2.05) is 0 Å². The first-order valence-corrected chi connectivity index (χ1v) is 9.58. The van der Waals surface area contributed by atoms with Crippen LogP contribution in [0.3, 0.4) is 0 Å². The fraction of sp³-hybridized carbons (Fsp3) is 0.625. The zero-order valence-corrected chi connectivity index (χ0v) is 17.8. The van der Waals surface area contributed by atoms with E-state index in [1.165, 1.54) is 40.2 Å². The van der Waals surface area contributed by atoms with Gasteiger partial charge in [-0.1, -0.05) is 0 Å². The van der Waals surface area contributed by atoms with E-state index in [0.717, 1.165) is 0 Å². The minimum Gasteiger partial charge on any atom is -0.469 e. The van der Waals surface area contributed by atoms with Gasteiger partial charge in [-0.2, -0.15) is 10.2 Å². The highest BCUT2D eigenvalue weighted by atomic mass is 32.2. The van der Waals surface area contributed by atoms with E-state index in [2.05, 4.69) is 40.0 Å². The number of rotatable bonds is 13. The lowest BCUT2D eigenvalue weighted by Gasteiger charge is -2.15. The van der Waals surface area contributed by atoms with Crippen molar-refractivity contribution in [2.75, 3.05) is 34.7 Å². The van der Waals surface area contributed by atoms with Crippen molar-refractivity contribution in [3.8, 4) is 0 Å². The average Bonchev–Trinajstić information content (AvgIpc) is 2.75. The summed E-state index contributed by atoms with van der Waals surface area (Å²) in [5.41, 5.74) is 4.60. The summed E-state index contributed by atoms with van der Waals surface area (Å²) >= 11 is 1.23. The molecule has 0 spiro atoms. The molecule has 0 aliphatic heterocycles. The van der Waals surface area contributed by atoms with E-state index in [9.17, 15) is 19.2 Å². The average molecular weight is 434 g/mol. The van der Waals surface area contributed by atoms with Crippen LogP contribution in [0.4, 0.5) is 0 Å². The molecule has 164 valence electrons. The predicted molar refractivity (Wildman–Crippen MR) is 105 cm³/mol. The molecule has 0 bridgehead atoms. The van der Waals surface area contributed by atoms with Crippen molar-refractivity contribution >= 4 is 47.1 Å². The summed E-state index contributed by atoms with van der Waals surface area (Å²) in [5, 5.41) is 7.89. The second-order valence-corrected chi connectivity index (χ2v) is 6.07. The summed E-state index contributed by atoms with van der Waals surface area (Å²) < 4.78 is 18.3. The van der Waals surface area contributed by atoms with Gasteiger partial charge in [-0.05, 0) is 6.26 Å². The van der Waals surface area contributed by atoms with Crippen LogP contribution in [0.15, 0.2) is 10.2 Å². The van der Waals surface area contributed by atoms with Crippen molar-refractivity contribution in [2.45, 2.75) is 31.2 Å². The summed E-state index contributed by atoms with van der Waals surface area (Å²) in [6.45, 7) is 0. The van der Waals surface area contributed by atoms with Gasteiger partial charge in [0.2, 0.25) is 0 Å². The van der Waals surface area contributed by atoms with Crippen LogP contribution >= 0.6 is 11.8 Å². The van der Waals surface area contributed by atoms with E-state index in [1.54, 1.807) is 6.26 Å². The molecular weight excluding hydrogens is 408 g/mol. The zero-order chi connectivity index (χ0) is 22.2. The van der Waals surface area contributed by atoms with Gasteiger partial charge >= 0.3 is 23.9 Å². The number of esters is 4. The fourth-order valence-electron chi connectivity index (χ4n) is 1.70. The van der Waals surface area contributed by atoms with Gasteiger partial charge in [0.05, 0.1) is 41.3 Å². The van der Waals surface area contributed by atoms with Gasteiger partial charge < -0.3 is 18.9 Å². The molecule has 0 aromatic rings. The number of methoxy groups -OCH3 is 4. The summed E-state index contributed by atoms with van der Waals surface area (Å²) in [6, 6.07) is 0. The Labute approximate surface area is 172 Å². The maximum Gasteiger partial charge on any atom is 0.354 e. The number of nitrogens with zero attached hydrogens (tertiary/aromatic N) is 2. The smallest absolute Gasteiger partial charge is 0.354 e. The Hall–Kier alpha value is -2.83. The van der Waals surface area contributed by atoms with E-state index in [4.69, 9.17) is 0 Å². The van der Waals surface area contributed by atoms with E-state index >= 15 is 0 Å². The monoisotopic (exact) mass is 434 g/mol. The summed E-state index contributed by atoms with van der Waals surface area (Å²) in [6.07, 6.45) is 1.62. The second kappa shape index (κ2) is 15.1. The highest BCUT2D eigenvalue weighted by Gasteiger charge is 2.17. The number of nitrogens with one attached hydrogen (secondary N) is 2. The molecule has 0 aromatic carbocycles. The standard InChI is InChI=1S/C16H26N4O8S/c1-25-12(21)8-6-10(14(23)27-3)17-19-16(29-5)20-18-11(15(24)28-4)7-9-13(22)26-2/h16,19-20H,6-9H2,1-5H3/b17-10-,18-11-. The highest BCUT2D eigenvalue weighted by molar-refractivity contribution is 7.99. The third-order valence-electron chi connectivity index (χ3n) is 3.30. The third kappa shape index (κ3) is 10.9. The van der Waals surface area contributed by atoms with Crippen LogP contribution in [-0.4, -0.2) is 75.5 Å². The molecule has 0 aliphatic rings. The van der Waals surface area contributed by atoms with Crippen molar-refractivity contribution in [1.82, 2.24) is 10.9 Å². The molecule has 12 nitrogen and oxygen atoms in total. The summed E-state index contributed by atoms with van der Waals surface area (Å²) in [4.78, 5) is 46.1. The molecule has 0 amide bonds. The van der Waals surface area contributed by atoms with Crippen LogP contribution in [-0.2, 0) is 38.1 Å². The maximum absolute atomic E-state index is 11.8. The Kier molecular flexibility index (Phi) is 13.7. The molecule has 13 heteroatoms. The lowest BCUT2D eigenvalue weighted by Crippen LogP contribution is -2.36. The van der Waals surface area contributed by atoms with Crippen molar-refractivity contribution in [3.05, 3.63) is 0 Å². The largest absolute Gasteiger partial charge is 0.469 e. The topological polar surface area (TPSA) is 154 Å². The van der Waals surface area contributed by atoms with Gasteiger partial charge in [0.25, 0.3) is 0 Å². The molecule has 0 heterocycles. The molecule has 2 N–H and O–H groups in total. The first-order chi connectivity index (χ1) is 13.8. The number of hydrogen-bond donors (Lipinski definition) is 2. The molecule has 0 aromatic heterocycles. The highest BCUT2D eigenvalue weighted by Crippen LogP contribution is 2.03. The summed E-state index contributed by atoms with van der Waals surface area (Å²) in [5.74, 6) is -2.42. The quantitative estimate of drug-likeness (QED) is 0.130.